The Morgan fingerprint density at radius 2 is 1.67 bits per heavy atom. The van der Waals surface area contributed by atoms with Gasteiger partial charge in [0.15, 0.2) is 11.6 Å². The maximum absolute atomic E-state index is 13.4. The lowest BCUT2D eigenvalue weighted by Gasteiger charge is -2.22. The van der Waals surface area contributed by atoms with E-state index in [-0.39, 0.29) is 25.1 Å². The minimum absolute atomic E-state index is 0.0951. The molecule has 0 unspecified atom stereocenters. The van der Waals surface area contributed by atoms with E-state index >= 15 is 0 Å². The second-order valence-electron chi connectivity index (χ2n) is 6.00. The summed E-state index contributed by atoms with van der Waals surface area (Å²) in [7, 11) is 1.21. The van der Waals surface area contributed by atoms with Gasteiger partial charge >= 0.3 is 5.97 Å². The van der Waals surface area contributed by atoms with Crippen molar-refractivity contribution in [3.63, 3.8) is 0 Å². The van der Waals surface area contributed by atoms with Crippen molar-refractivity contribution in [1.82, 2.24) is 4.90 Å². The van der Waals surface area contributed by atoms with Gasteiger partial charge in [0.25, 0.3) is 5.91 Å². The SMILES string of the molecule is COC(=O)CCN(Cc1ccc(F)c(F)c1)C(=O)C(=O)c1ccc(C)cc1. The molecule has 0 aliphatic rings. The predicted molar refractivity (Wildman–Crippen MR) is 93.9 cm³/mol. The molecule has 0 radical (unpaired) electrons. The van der Waals surface area contributed by atoms with Crippen LogP contribution in [0.5, 0.6) is 0 Å². The van der Waals surface area contributed by atoms with E-state index in [0.717, 1.165) is 22.6 Å². The zero-order valence-corrected chi connectivity index (χ0v) is 15.0. The second-order valence-corrected chi connectivity index (χ2v) is 6.00. The van der Waals surface area contributed by atoms with Crippen LogP contribution in [0.1, 0.15) is 27.9 Å². The standard InChI is InChI=1S/C20H19F2NO4/c1-13-3-6-15(7-4-13)19(25)20(26)23(10-9-18(24)27-2)12-14-5-8-16(21)17(22)11-14/h3-8,11H,9-10,12H2,1-2H3. The summed E-state index contributed by atoms with van der Waals surface area (Å²) >= 11 is 0. The number of ketones is 1. The van der Waals surface area contributed by atoms with Crippen molar-refractivity contribution in [2.45, 2.75) is 19.9 Å². The van der Waals surface area contributed by atoms with E-state index in [1.54, 1.807) is 12.1 Å². The van der Waals surface area contributed by atoms with Gasteiger partial charge in [-0.1, -0.05) is 35.9 Å². The number of esters is 1. The fourth-order valence-electron chi connectivity index (χ4n) is 2.41. The van der Waals surface area contributed by atoms with Crippen molar-refractivity contribution in [2.24, 2.45) is 0 Å². The molecule has 0 aliphatic carbocycles. The molecule has 1 amide bonds. The van der Waals surface area contributed by atoms with Crippen LogP contribution < -0.4 is 0 Å². The monoisotopic (exact) mass is 375 g/mol. The minimum Gasteiger partial charge on any atom is -0.469 e. The fourth-order valence-corrected chi connectivity index (χ4v) is 2.41. The van der Waals surface area contributed by atoms with Crippen LogP contribution in [0, 0.1) is 18.6 Å². The van der Waals surface area contributed by atoms with Crippen LogP contribution in [0.15, 0.2) is 42.5 Å². The van der Waals surface area contributed by atoms with E-state index in [1.807, 2.05) is 6.92 Å². The number of methoxy groups -OCH3 is 1. The Bertz CT molecular complexity index is 850. The highest BCUT2D eigenvalue weighted by atomic mass is 19.2. The molecule has 5 nitrogen and oxygen atoms in total. The average molecular weight is 375 g/mol. The van der Waals surface area contributed by atoms with Gasteiger partial charge in [-0.25, -0.2) is 8.78 Å². The quantitative estimate of drug-likeness (QED) is 0.424. The molecule has 0 fully saturated rings. The molecular formula is C20H19F2NO4. The molecule has 7 heteroatoms. The van der Waals surface area contributed by atoms with E-state index in [0.29, 0.717) is 5.56 Å². The van der Waals surface area contributed by atoms with Gasteiger partial charge in [-0.2, -0.15) is 0 Å². The third-order valence-corrected chi connectivity index (χ3v) is 3.97. The van der Waals surface area contributed by atoms with Gasteiger partial charge in [0.2, 0.25) is 5.78 Å². The van der Waals surface area contributed by atoms with Crippen molar-refractivity contribution >= 4 is 17.7 Å². The Hall–Kier alpha value is -3.09. The highest BCUT2D eigenvalue weighted by Gasteiger charge is 2.24. The Morgan fingerprint density at radius 1 is 1.00 bits per heavy atom. The summed E-state index contributed by atoms with van der Waals surface area (Å²) in [6.07, 6.45) is -0.132. The minimum atomic E-state index is -1.06. The van der Waals surface area contributed by atoms with Crippen molar-refractivity contribution in [3.05, 3.63) is 70.8 Å². The first-order valence-corrected chi connectivity index (χ1v) is 8.23. The summed E-state index contributed by atoms with van der Waals surface area (Å²) < 4.78 is 31.1. The molecule has 0 saturated heterocycles. The molecule has 27 heavy (non-hydrogen) atoms. The molecule has 0 aliphatic heterocycles. The largest absolute Gasteiger partial charge is 0.469 e. The van der Waals surface area contributed by atoms with Gasteiger partial charge in [0, 0.05) is 18.7 Å². The summed E-state index contributed by atoms with van der Waals surface area (Å²) in [5.74, 6) is -4.21. The van der Waals surface area contributed by atoms with Crippen molar-refractivity contribution in [1.29, 1.82) is 0 Å². The Balaban J connectivity index is 2.22. The molecule has 0 spiro atoms. The molecule has 2 aromatic rings. The second kappa shape index (κ2) is 9.02. The van der Waals surface area contributed by atoms with Crippen LogP contribution in [0.25, 0.3) is 0 Å². The predicted octanol–water partition coefficient (Wildman–Crippen LogP) is 3.05. The fraction of sp³-hybridized carbons (Fsp3) is 0.250. The molecule has 142 valence electrons. The van der Waals surface area contributed by atoms with Crippen molar-refractivity contribution in [3.8, 4) is 0 Å². The molecule has 0 saturated carbocycles. The Labute approximate surface area is 155 Å². The van der Waals surface area contributed by atoms with Crippen LogP contribution >= 0.6 is 0 Å². The van der Waals surface area contributed by atoms with E-state index in [2.05, 4.69) is 4.74 Å². The topological polar surface area (TPSA) is 63.7 Å². The maximum atomic E-state index is 13.4. The molecule has 0 heterocycles. The molecule has 0 bridgehead atoms. The number of halogens is 2. The van der Waals surface area contributed by atoms with Gasteiger partial charge in [0.1, 0.15) is 0 Å². The van der Waals surface area contributed by atoms with Crippen molar-refractivity contribution in [2.75, 3.05) is 13.7 Å². The smallest absolute Gasteiger partial charge is 0.307 e. The van der Waals surface area contributed by atoms with Gasteiger partial charge in [-0.15, -0.1) is 0 Å². The number of Topliss-reactive ketones (excluding diaryl/α,β-unsaturated/α-hetero) is 1. The first-order valence-electron chi connectivity index (χ1n) is 8.23. The zero-order valence-electron chi connectivity index (χ0n) is 15.0. The van der Waals surface area contributed by atoms with Crippen LogP contribution in [0.2, 0.25) is 0 Å². The lowest BCUT2D eigenvalue weighted by atomic mass is 10.1. The number of hydrogen-bond donors (Lipinski definition) is 0. The van der Waals surface area contributed by atoms with E-state index in [4.69, 9.17) is 0 Å². The molecule has 0 N–H and O–H groups in total. The third-order valence-electron chi connectivity index (χ3n) is 3.97. The Morgan fingerprint density at radius 3 is 2.26 bits per heavy atom. The first kappa shape index (κ1) is 20.2. The lowest BCUT2D eigenvalue weighted by molar-refractivity contribution is -0.141. The molecule has 0 aromatic heterocycles. The first-order chi connectivity index (χ1) is 12.8. The molecule has 2 rings (SSSR count). The van der Waals surface area contributed by atoms with Crippen molar-refractivity contribution < 1.29 is 27.9 Å². The lowest BCUT2D eigenvalue weighted by Crippen LogP contribution is -2.37. The number of nitrogens with zero attached hydrogens (tertiary/aromatic N) is 1. The number of carbonyl (C=O) groups excluding carboxylic acids is 3. The molecule has 0 atom stereocenters. The van der Waals surface area contributed by atoms with Crippen LogP contribution in [0.4, 0.5) is 8.78 Å². The van der Waals surface area contributed by atoms with E-state index in [1.165, 1.54) is 25.3 Å². The summed E-state index contributed by atoms with van der Waals surface area (Å²) in [5, 5.41) is 0. The summed E-state index contributed by atoms with van der Waals surface area (Å²) in [6.45, 7) is 1.61. The highest BCUT2D eigenvalue weighted by Crippen LogP contribution is 2.14. The number of benzene rings is 2. The number of hydrogen-bond acceptors (Lipinski definition) is 4. The summed E-state index contributed by atoms with van der Waals surface area (Å²) in [4.78, 5) is 37.7. The zero-order chi connectivity index (χ0) is 20.0. The Kier molecular flexibility index (Phi) is 6.76. The van der Waals surface area contributed by atoms with Gasteiger partial charge in [0.05, 0.1) is 13.5 Å². The molecular weight excluding hydrogens is 356 g/mol. The van der Waals surface area contributed by atoms with E-state index in [9.17, 15) is 23.2 Å². The molecule has 2 aromatic carbocycles. The highest BCUT2D eigenvalue weighted by molar-refractivity contribution is 6.42. The number of aryl methyl sites for hydroxylation is 1. The third kappa shape index (κ3) is 5.44. The van der Waals surface area contributed by atoms with E-state index < -0.39 is 29.3 Å². The summed E-state index contributed by atoms with van der Waals surface area (Å²) in [6, 6.07) is 9.67. The van der Waals surface area contributed by atoms with Gasteiger partial charge in [-0.05, 0) is 24.6 Å². The normalized spacial score (nSPS) is 10.4. The van der Waals surface area contributed by atoms with Gasteiger partial charge < -0.3 is 9.64 Å². The van der Waals surface area contributed by atoms with Crippen LogP contribution in [-0.4, -0.2) is 36.2 Å². The van der Waals surface area contributed by atoms with Crippen LogP contribution in [0.3, 0.4) is 0 Å². The van der Waals surface area contributed by atoms with Gasteiger partial charge in [-0.3, -0.25) is 14.4 Å². The number of amides is 1. The van der Waals surface area contributed by atoms with Crippen LogP contribution in [-0.2, 0) is 20.9 Å². The number of ether oxygens (including phenoxy) is 1. The average Bonchev–Trinajstić information content (AvgIpc) is 2.67. The number of rotatable bonds is 7. The summed E-state index contributed by atoms with van der Waals surface area (Å²) in [5.41, 5.74) is 1.44. The maximum Gasteiger partial charge on any atom is 0.307 e. The number of carbonyl (C=O) groups is 3.